The normalized spacial score (nSPS) is 10.6. The van der Waals surface area contributed by atoms with E-state index in [0.29, 0.717) is 17.4 Å². The van der Waals surface area contributed by atoms with Gasteiger partial charge in [-0.1, -0.05) is 0 Å². The second-order valence-electron chi connectivity index (χ2n) is 4.77. The molecule has 1 aromatic heterocycles. The molecule has 1 heterocycles. The Kier molecular flexibility index (Phi) is 4.61. The average molecular weight is 307 g/mol. The summed E-state index contributed by atoms with van der Waals surface area (Å²) in [6.45, 7) is 0.368. The van der Waals surface area contributed by atoms with Crippen molar-refractivity contribution in [1.29, 1.82) is 0 Å². The van der Waals surface area contributed by atoms with Crippen molar-refractivity contribution in [1.82, 2.24) is 4.98 Å². The highest BCUT2D eigenvalue weighted by atomic mass is 32.1. The molecular formula is C13H15N4O3S+. The third-order valence-corrected chi connectivity index (χ3v) is 3.40. The molecule has 0 radical (unpaired) electrons. The molecule has 0 unspecified atom stereocenters. The van der Waals surface area contributed by atoms with Crippen molar-refractivity contribution < 1.29 is 14.6 Å². The van der Waals surface area contributed by atoms with Gasteiger partial charge in [-0.15, -0.1) is 11.3 Å². The number of quaternary nitrogens is 1. The highest BCUT2D eigenvalue weighted by Crippen LogP contribution is 2.26. The molecule has 1 aromatic carbocycles. The first-order valence-electron chi connectivity index (χ1n) is 6.25. The lowest BCUT2D eigenvalue weighted by molar-refractivity contribution is -0.849. The number of nitrogens with one attached hydrogen (secondary N) is 2. The van der Waals surface area contributed by atoms with Crippen molar-refractivity contribution in [3.63, 3.8) is 0 Å². The van der Waals surface area contributed by atoms with Crippen LogP contribution in [0.25, 0.3) is 11.3 Å². The topological polar surface area (TPSA) is 89.6 Å². The highest BCUT2D eigenvalue weighted by Gasteiger charge is 2.11. The van der Waals surface area contributed by atoms with Gasteiger partial charge in [-0.05, 0) is 12.1 Å². The average Bonchev–Trinajstić information content (AvgIpc) is 2.86. The second kappa shape index (κ2) is 6.42. The molecule has 1 amide bonds. The molecule has 0 atom stereocenters. The number of hydrogen-bond donors (Lipinski definition) is 2. The molecule has 110 valence electrons. The van der Waals surface area contributed by atoms with Crippen molar-refractivity contribution in [2.75, 3.05) is 26.0 Å². The Balaban J connectivity index is 2.09. The number of anilines is 1. The molecule has 21 heavy (non-hydrogen) atoms. The first-order chi connectivity index (χ1) is 9.95. The zero-order valence-corrected chi connectivity index (χ0v) is 12.4. The summed E-state index contributed by atoms with van der Waals surface area (Å²) in [5.41, 5.74) is 1.49. The molecular weight excluding hydrogens is 292 g/mol. The Morgan fingerprint density at radius 3 is 2.62 bits per heavy atom. The molecule has 0 aliphatic carbocycles. The van der Waals surface area contributed by atoms with Crippen LogP contribution in [-0.4, -0.2) is 36.5 Å². The maximum absolute atomic E-state index is 11.6. The molecule has 0 aliphatic rings. The minimum Gasteiger partial charge on any atom is -0.332 e. The molecule has 0 saturated heterocycles. The van der Waals surface area contributed by atoms with Crippen molar-refractivity contribution in [3.05, 3.63) is 39.8 Å². The molecule has 2 aromatic rings. The van der Waals surface area contributed by atoms with Gasteiger partial charge in [0.05, 0.1) is 24.7 Å². The molecule has 2 rings (SSSR count). The summed E-state index contributed by atoms with van der Waals surface area (Å²) >= 11 is 1.32. The molecule has 7 nitrogen and oxygen atoms in total. The van der Waals surface area contributed by atoms with Gasteiger partial charge in [-0.2, -0.15) is 0 Å². The number of nitrogens with zero attached hydrogens (tertiary/aromatic N) is 2. The number of hydrogen-bond acceptors (Lipinski definition) is 5. The first-order valence-corrected chi connectivity index (χ1v) is 7.13. The van der Waals surface area contributed by atoms with E-state index in [4.69, 9.17) is 0 Å². The Hall–Kier alpha value is -2.32. The van der Waals surface area contributed by atoms with Crippen LogP contribution in [0.15, 0.2) is 29.6 Å². The SMILES string of the molecule is C[NH+](C)CC(=O)Nc1nc(-c2ccc([N+](=O)[O-])cc2)cs1. The lowest BCUT2D eigenvalue weighted by Gasteiger charge is -2.05. The second-order valence-corrected chi connectivity index (χ2v) is 5.63. The fraction of sp³-hybridized carbons (Fsp3) is 0.231. The van der Waals surface area contributed by atoms with E-state index in [1.54, 1.807) is 17.5 Å². The molecule has 0 spiro atoms. The number of nitro groups is 1. The van der Waals surface area contributed by atoms with Crippen molar-refractivity contribution in [2.24, 2.45) is 0 Å². The van der Waals surface area contributed by atoms with Crippen LogP contribution in [0.5, 0.6) is 0 Å². The van der Waals surface area contributed by atoms with E-state index < -0.39 is 4.92 Å². The van der Waals surface area contributed by atoms with Gasteiger partial charge < -0.3 is 4.90 Å². The number of aromatic nitrogens is 1. The number of carbonyl (C=O) groups excluding carboxylic acids is 1. The molecule has 0 aliphatic heterocycles. The standard InChI is InChI=1S/C13H14N4O3S/c1-16(2)7-12(18)15-13-14-11(8-21-13)9-3-5-10(6-4-9)17(19)20/h3-6,8H,7H2,1-2H3,(H,14,15,18)/p+1. The van der Waals surface area contributed by atoms with Gasteiger partial charge in [0.15, 0.2) is 11.7 Å². The summed E-state index contributed by atoms with van der Waals surface area (Å²) in [6, 6.07) is 6.15. The summed E-state index contributed by atoms with van der Waals surface area (Å²) in [5, 5.41) is 15.7. The van der Waals surface area contributed by atoms with Gasteiger partial charge in [0.1, 0.15) is 0 Å². The van der Waals surface area contributed by atoms with Gasteiger partial charge in [0.25, 0.3) is 11.6 Å². The van der Waals surface area contributed by atoms with Crippen molar-refractivity contribution >= 4 is 28.1 Å². The first kappa shape index (κ1) is 15.1. The zero-order chi connectivity index (χ0) is 15.4. The van der Waals surface area contributed by atoms with E-state index in [-0.39, 0.29) is 11.6 Å². The van der Waals surface area contributed by atoms with Gasteiger partial charge in [-0.25, -0.2) is 4.98 Å². The quantitative estimate of drug-likeness (QED) is 0.631. The van der Waals surface area contributed by atoms with Crippen molar-refractivity contribution in [3.8, 4) is 11.3 Å². The summed E-state index contributed by atoms with van der Waals surface area (Å²) in [4.78, 5) is 27.1. The molecule has 8 heteroatoms. The summed E-state index contributed by atoms with van der Waals surface area (Å²) in [5.74, 6) is -0.0976. The van der Waals surface area contributed by atoms with Crippen LogP contribution in [0.4, 0.5) is 10.8 Å². The van der Waals surface area contributed by atoms with E-state index in [1.807, 2.05) is 14.1 Å². The summed E-state index contributed by atoms with van der Waals surface area (Å²) in [6.07, 6.45) is 0. The maximum Gasteiger partial charge on any atom is 0.281 e. The van der Waals surface area contributed by atoms with Crippen LogP contribution in [0, 0.1) is 10.1 Å². The van der Waals surface area contributed by atoms with Crippen LogP contribution in [0.2, 0.25) is 0 Å². The Bertz CT molecular complexity index is 652. The van der Waals surface area contributed by atoms with E-state index in [0.717, 1.165) is 10.5 Å². The fourth-order valence-electron chi connectivity index (χ4n) is 1.70. The highest BCUT2D eigenvalue weighted by molar-refractivity contribution is 7.14. The van der Waals surface area contributed by atoms with Gasteiger partial charge in [0, 0.05) is 23.1 Å². The maximum atomic E-state index is 11.6. The number of carbonyl (C=O) groups is 1. The number of thiazole rings is 1. The number of likely N-dealkylation sites (N-methyl/N-ethyl adjacent to an activating group) is 1. The van der Waals surface area contributed by atoms with Crippen LogP contribution in [0.3, 0.4) is 0 Å². The number of non-ortho nitro benzene ring substituents is 1. The van der Waals surface area contributed by atoms with Gasteiger partial charge in [0.2, 0.25) is 0 Å². The summed E-state index contributed by atoms with van der Waals surface area (Å²) in [7, 11) is 3.79. The predicted octanol–water partition coefficient (Wildman–Crippen LogP) is 0.801. The predicted molar refractivity (Wildman–Crippen MR) is 80.5 cm³/mol. The monoisotopic (exact) mass is 307 g/mol. The molecule has 0 bridgehead atoms. The van der Waals surface area contributed by atoms with Crippen LogP contribution in [-0.2, 0) is 4.79 Å². The van der Waals surface area contributed by atoms with Gasteiger partial charge >= 0.3 is 0 Å². The number of benzene rings is 1. The Labute approximate surface area is 125 Å². The van der Waals surface area contributed by atoms with E-state index in [1.165, 1.54) is 23.5 Å². The summed E-state index contributed by atoms with van der Waals surface area (Å²) < 4.78 is 0. The van der Waals surface area contributed by atoms with E-state index in [2.05, 4.69) is 10.3 Å². The van der Waals surface area contributed by atoms with E-state index in [9.17, 15) is 14.9 Å². The lowest BCUT2D eigenvalue weighted by atomic mass is 10.1. The Morgan fingerprint density at radius 1 is 1.38 bits per heavy atom. The van der Waals surface area contributed by atoms with Gasteiger partial charge in [-0.3, -0.25) is 20.2 Å². The molecule has 2 N–H and O–H groups in total. The smallest absolute Gasteiger partial charge is 0.281 e. The Morgan fingerprint density at radius 2 is 2.05 bits per heavy atom. The van der Waals surface area contributed by atoms with Crippen LogP contribution in [0.1, 0.15) is 0 Å². The zero-order valence-electron chi connectivity index (χ0n) is 11.6. The fourth-order valence-corrected chi connectivity index (χ4v) is 2.44. The third kappa shape index (κ3) is 4.07. The van der Waals surface area contributed by atoms with Crippen LogP contribution < -0.4 is 10.2 Å². The van der Waals surface area contributed by atoms with E-state index >= 15 is 0 Å². The number of rotatable bonds is 5. The minimum atomic E-state index is -0.444. The lowest BCUT2D eigenvalue weighted by Crippen LogP contribution is -3.06. The molecule has 0 saturated carbocycles. The van der Waals surface area contributed by atoms with Crippen molar-refractivity contribution in [2.45, 2.75) is 0 Å². The largest absolute Gasteiger partial charge is 0.332 e. The molecule has 0 fully saturated rings. The number of amides is 1. The third-order valence-electron chi connectivity index (χ3n) is 2.64. The van der Waals surface area contributed by atoms with Crippen LogP contribution >= 0.6 is 11.3 Å². The minimum absolute atomic E-state index is 0.0384. The number of nitro benzene ring substituents is 1.